The Balaban J connectivity index is 2.19. The predicted octanol–water partition coefficient (Wildman–Crippen LogP) is 2.36. The fourth-order valence-corrected chi connectivity index (χ4v) is 3.96. The Kier molecular flexibility index (Phi) is 1.84. The third-order valence-electron chi connectivity index (χ3n) is 4.83. The Morgan fingerprint density at radius 2 is 2.06 bits per heavy atom. The van der Waals surface area contributed by atoms with Gasteiger partial charge in [0, 0.05) is 18.4 Å². The van der Waals surface area contributed by atoms with Crippen LogP contribution in [0.15, 0.2) is 24.3 Å². The lowest BCUT2D eigenvalue weighted by Gasteiger charge is -2.55. The smallest absolute Gasteiger partial charge is 0.175 e. The normalized spacial score (nSPS) is 47.4. The molecule has 0 aromatic rings. The second-order valence-electron chi connectivity index (χ2n) is 5.79. The summed E-state index contributed by atoms with van der Waals surface area (Å²) in [6.07, 6.45) is 9.68. The molecule has 4 rings (SSSR count). The molecule has 1 fully saturated rings. The van der Waals surface area contributed by atoms with E-state index in [4.69, 9.17) is 4.74 Å². The molecule has 2 bridgehead atoms. The van der Waals surface area contributed by atoms with Crippen LogP contribution in [-0.4, -0.2) is 18.5 Å². The summed E-state index contributed by atoms with van der Waals surface area (Å²) in [7, 11) is 1.66. The van der Waals surface area contributed by atoms with E-state index in [2.05, 4.69) is 32.1 Å². The Morgan fingerprint density at radius 3 is 2.75 bits per heavy atom. The lowest BCUT2D eigenvalue weighted by atomic mass is 9.50. The van der Waals surface area contributed by atoms with Crippen LogP contribution in [0.3, 0.4) is 0 Å². The summed E-state index contributed by atoms with van der Waals surface area (Å²) in [6.45, 7) is 4.12. The highest BCUT2D eigenvalue weighted by atomic mass is 16.5. The van der Waals surface area contributed by atoms with Gasteiger partial charge < -0.3 is 4.74 Å². The molecule has 0 aromatic heterocycles. The van der Waals surface area contributed by atoms with Crippen LogP contribution in [-0.2, 0) is 9.53 Å². The first-order valence-corrected chi connectivity index (χ1v) is 6.00. The summed E-state index contributed by atoms with van der Waals surface area (Å²) < 4.78 is 5.64. The molecule has 16 heavy (non-hydrogen) atoms. The van der Waals surface area contributed by atoms with Gasteiger partial charge in [0.15, 0.2) is 11.4 Å². The van der Waals surface area contributed by atoms with E-state index >= 15 is 0 Å². The third kappa shape index (κ3) is 0.904. The zero-order chi connectivity index (χ0) is 11.6. The quantitative estimate of drug-likeness (QED) is 0.631. The van der Waals surface area contributed by atoms with Gasteiger partial charge in [-0.25, -0.2) is 0 Å². The van der Waals surface area contributed by atoms with Crippen molar-refractivity contribution < 1.29 is 9.53 Å². The van der Waals surface area contributed by atoms with E-state index in [-0.39, 0.29) is 17.1 Å². The summed E-state index contributed by atoms with van der Waals surface area (Å²) in [5, 5.41) is 0. The summed E-state index contributed by atoms with van der Waals surface area (Å²) >= 11 is 0. The third-order valence-corrected chi connectivity index (χ3v) is 4.83. The molecule has 86 valence electrons. The molecular weight excluding hydrogens is 200 g/mol. The van der Waals surface area contributed by atoms with Gasteiger partial charge in [0.25, 0.3) is 0 Å². The van der Waals surface area contributed by atoms with Crippen LogP contribution in [0.25, 0.3) is 0 Å². The van der Waals surface area contributed by atoms with Gasteiger partial charge in [0.05, 0.1) is 0 Å². The van der Waals surface area contributed by atoms with Crippen molar-refractivity contribution in [1.29, 1.82) is 0 Å². The molecule has 0 amide bonds. The molecule has 4 aliphatic carbocycles. The Labute approximate surface area is 96.4 Å². The zero-order valence-electron chi connectivity index (χ0n) is 10.1. The fourth-order valence-electron chi connectivity index (χ4n) is 3.96. The highest BCUT2D eigenvalue weighted by Gasteiger charge is 2.63. The lowest BCUT2D eigenvalue weighted by molar-refractivity contribution is -0.167. The van der Waals surface area contributed by atoms with Crippen molar-refractivity contribution in [2.45, 2.75) is 25.9 Å². The molecule has 0 spiro atoms. The van der Waals surface area contributed by atoms with Crippen molar-refractivity contribution in [1.82, 2.24) is 0 Å². The molecule has 1 saturated carbocycles. The van der Waals surface area contributed by atoms with E-state index in [1.54, 1.807) is 7.11 Å². The van der Waals surface area contributed by atoms with Crippen molar-refractivity contribution in [2.24, 2.45) is 23.2 Å². The number of rotatable bonds is 1. The monoisotopic (exact) mass is 218 g/mol. The second kappa shape index (κ2) is 2.86. The van der Waals surface area contributed by atoms with Crippen LogP contribution in [0.4, 0.5) is 0 Å². The molecule has 0 aromatic carbocycles. The number of hydrogen-bond donors (Lipinski definition) is 0. The molecule has 0 aliphatic heterocycles. The zero-order valence-corrected chi connectivity index (χ0v) is 10.1. The number of carbonyl (C=O) groups excluding carboxylic acids is 1. The summed E-state index contributed by atoms with van der Waals surface area (Å²) in [4.78, 5) is 12.6. The van der Waals surface area contributed by atoms with E-state index in [1.165, 1.54) is 0 Å². The van der Waals surface area contributed by atoms with E-state index in [0.29, 0.717) is 11.8 Å². The molecule has 0 radical (unpaired) electrons. The lowest BCUT2D eigenvalue weighted by Crippen LogP contribution is -2.63. The first kappa shape index (κ1) is 10.3. The largest absolute Gasteiger partial charge is 0.366 e. The van der Waals surface area contributed by atoms with E-state index in [0.717, 1.165) is 6.42 Å². The summed E-state index contributed by atoms with van der Waals surface area (Å²) in [5.74, 6) is 1.44. The highest BCUT2D eigenvalue weighted by Crippen LogP contribution is 2.58. The summed E-state index contributed by atoms with van der Waals surface area (Å²) in [6, 6.07) is 0. The van der Waals surface area contributed by atoms with Crippen molar-refractivity contribution in [3.05, 3.63) is 24.3 Å². The van der Waals surface area contributed by atoms with Crippen LogP contribution < -0.4 is 0 Å². The first-order valence-electron chi connectivity index (χ1n) is 6.00. The van der Waals surface area contributed by atoms with E-state index in [9.17, 15) is 4.79 Å². The highest BCUT2D eigenvalue weighted by molar-refractivity contribution is 5.97. The van der Waals surface area contributed by atoms with Crippen LogP contribution in [0, 0.1) is 23.2 Å². The van der Waals surface area contributed by atoms with Gasteiger partial charge in [0.1, 0.15) is 0 Å². The van der Waals surface area contributed by atoms with Crippen LogP contribution in [0.1, 0.15) is 20.3 Å². The molecule has 2 heteroatoms. The molecule has 4 atom stereocenters. The van der Waals surface area contributed by atoms with Crippen LogP contribution >= 0.6 is 0 Å². The molecule has 4 aliphatic rings. The van der Waals surface area contributed by atoms with Gasteiger partial charge in [-0.1, -0.05) is 32.1 Å². The number of ether oxygens (including phenoxy) is 1. The van der Waals surface area contributed by atoms with Crippen molar-refractivity contribution in [2.75, 3.05) is 7.11 Å². The number of ketones is 1. The minimum Gasteiger partial charge on any atom is -0.366 e. The van der Waals surface area contributed by atoms with Gasteiger partial charge in [-0.2, -0.15) is 0 Å². The first-order chi connectivity index (χ1) is 7.54. The average Bonchev–Trinajstić information content (AvgIpc) is 2.74. The van der Waals surface area contributed by atoms with Gasteiger partial charge in [0.2, 0.25) is 0 Å². The standard InChI is InChI=1S/C14H18O2/c1-13(2)10-7-8-14(16-3,12(13)15)11-6-4-5-9(10)11/h4,6-11H,5H2,1-3H3/t9-,10+,11-,14+/m0/s1. The molecule has 0 unspecified atom stereocenters. The van der Waals surface area contributed by atoms with Gasteiger partial charge in [-0.3, -0.25) is 4.79 Å². The van der Waals surface area contributed by atoms with Crippen LogP contribution in [0.5, 0.6) is 0 Å². The minimum absolute atomic E-state index is 0.253. The minimum atomic E-state index is -0.685. The van der Waals surface area contributed by atoms with Crippen molar-refractivity contribution >= 4 is 5.78 Å². The number of Topliss-reactive ketones (excluding diaryl/α,β-unsaturated/α-hetero) is 1. The molecule has 2 nitrogen and oxygen atoms in total. The molecule has 0 heterocycles. The molecular formula is C14H18O2. The number of allylic oxidation sites excluding steroid dienone is 2. The topological polar surface area (TPSA) is 26.3 Å². The van der Waals surface area contributed by atoms with Crippen LogP contribution in [0.2, 0.25) is 0 Å². The van der Waals surface area contributed by atoms with Gasteiger partial charge in [-0.15, -0.1) is 0 Å². The fraction of sp³-hybridized carbons (Fsp3) is 0.643. The van der Waals surface area contributed by atoms with Crippen molar-refractivity contribution in [3.8, 4) is 0 Å². The Hall–Kier alpha value is -0.890. The molecule has 0 saturated heterocycles. The number of fused-ring (bicyclic) bond motifs is 1. The van der Waals surface area contributed by atoms with Gasteiger partial charge >= 0.3 is 0 Å². The summed E-state index contributed by atoms with van der Waals surface area (Å²) in [5.41, 5.74) is -0.964. The van der Waals surface area contributed by atoms with Crippen molar-refractivity contribution in [3.63, 3.8) is 0 Å². The van der Waals surface area contributed by atoms with E-state index in [1.807, 2.05) is 6.08 Å². The van der Waals surface area contributed by atoms with E-state index < -0.39 is 5.60 Å². The number of methoxy groups -OCH3 is 1. The number of carbonyl (C=O) groups is 1. The Morgan fingerprint density at radius 1 is 1.31 bits per heavy atom. The molecule has 0 N–H and O–H groups in total. The second-order valence-corrected chi connectivity index (χ2v) is 5.79. The SMILES string of the molecule is CO[C@]12C=C[C@H]([C@@H]3CC=C[C@@H]31)C(C)(C)C2=O. The van der Waals surface area contributed by atoms with Gasteiger partial charge in [-0.05, 0) is 24.3 Å². The maximum Gasteiger partial charge on any atom is 0.175 e. The Bertz CT molecular complexity index is 405. The maximum atomic E-state index is 12.6. The predicted molar refractivity (Wildman–Crippen MR) is 61.9 cm³/mol. The number of hydrogen-bond acceptors (Lipinski definition) is 2. The maximum absolute atomic E-state index is 12.6. The average molecular weight is 218 g/mol.